The lowest BCUT2D eigenvalue weighted by Gasteiger charge is -2.31. The standard InChI is InChI=1S/C26H35N7OS/c1-2-16-12-22(29-14-16)23-13-18-15-33(26(34)32-24(18)31-23)20-8-6-17(7-9-20)21-5-3-4-19(30-21)10-11-35-25(27)28/h6-9,13,15-16,19,21-22,29-30H,2-5,10-12,14H2,1H3,(H3,27,28)(H,31,32,34)/t16-,19+,21+,22?/m1/s1. The minimum Gasteiger partial charge on any atom is -0.379 e. The summed E-state index contributed by atoms with van der Waals surface area (Å²) in [5.41, 5.74) is 9.01. The van der Waals surface area contributed by atoms with Gasteiger partial charge in [0.1, 0.15) is 5.65 Å². The van der Waals surface area contributed by atoms with Gasteiger partial charge in [0.15, 0.2) is 5.17 Å². The maximum absolute atomic E-state index is 12.8. The monoisotopic (exact) mass is 493 g/mol. The topological polar surface area (TPSA) is 125 Å². The Kier molecular flexibility index (Phi) is 7.27. The van der Waals surface area contributed by atoms with Gasteiger partial charge in [-0.15, -0.1) is 0 Å². The Hall–Kier alpha value is -2.62. The molecule has 9 heteroatoms. The second kappa shape index (κ2) is 10.6. The molecule has 0 saturated carbocycles. The quantitative estimate of drug-likeness (QED) is 0.251. The van der Waals surface area contributed by atoms with E-state index in [0.717, 1.165) is 54.7 Å². The Morgan fingerprint density at radius 2 is 2.09 bits per heavy atom. The molecule has 0 spiro atoms. The molecular weight excluding hydrogens is 458 g/mol. The number of nitrogens with zero attached hydrogens (tertiary/aromatic N) is 2. The van der Waals surface area contributed by atoms with Crippen molar-refractivity contribution in [1.82, 2.24) is 25.2 Å². The zero-order chi connectivity index (χ0) is 24.4. The maximum Gasteiger partial charge on any atom is 0.354 e. The average Bonchev–Trinajstić information content (AvgIpc) is 3.50. The summed E-state index contributed by atoms with van der Waals surface area (Å²) in [4.78, 5) is 20.5. The van der Waals surface area contributed by atoms with Crippen LogP contribution in [0.1, 0.15) is 68.8 Å². The summed E-state index contributed by atoms with van der Waals surface area (Å²) in [7, 11) is 0. The second-order valence-electron chi connectivity index (χ2n) is 9.83. The Bertz CT molecular complexity index is 1230. The van der Waals surface area contributed by atoms with Crippen LogP contribution in [0.4, 0.5) is 0 Å². The summed E-state index contributed by atoms with van der Waals surface area (Å²) in [5, 5.41) is 15.9. The minimum atomic E-state index is -0.275. The van der Waals surface area contributed by atoms with E-state index in [4.69, 9.17) is 11.1 Å². The van der Waals surface area contributed by atoms with Crippen LogP contribution in [0.25, 0.3) is 16.7 Å². The van der Waals surface area contributed by atoms with Crippen molar-refractivity contribution in [3.05, 3.63) is 58.3 Å². The van der Waals surface area contributed by atoms with Gasteiger partial charge < -0.3 is 21.4 Å². The van der Waals surface area contributed by atoms with Gasteiger partial charge in [-0.2, -0.15) is 4.98 Å². The third-order valence-corrected chi connectivity index (χ3v) is 8.23. The van der Waals surface area contributed by atoms with Crippen molar-refractivity contribution in [3.8, 4) is 5.69 Å². The van der Waals surface area contributed by atoms with E-state index in [1.807, 2.05) is 18.3 Å². The largest absolute Gasteiger partial charge is 0.379 e. The molecule has 4 atom stereocenters. The number of rotatable bonds is 7. The van der Waals surface area contributed by atoms with Gasteiger partial charge in [0, 0.05) is 41.2 Å². The fraction of sp³-hybridized carbons (Fsp3) is 0.500. The van der Waals surface area contributed by atoms with Crippen LogP contribution in [0, 0.1) is 11.3 Å². The first-order chi connectivity index (χ1) is 17.0. The summed E-state index contributed by atoms with van der Waals surface area (Å²) in [6, 6.07) is 11.4. The smallest absolute Gasteiger partial charge is 0.354 e. The number of hydrogen-bond acceptors (Lipinski definition) is 6. The highest BCUT2D eigenvalue weighted by Crippen LogP contribution is 2.30. The number of benzene rings is 1. The van der Waals surface area contributed by atoms with E-state index in [1.54, 1.807) is 4.57 Å². The van der Waals surface area contributed by atoms with Crippen LogP contribution in [0.5, 0.6) is 0 Å². The maximum atomic E-state index is 12.8. The van der Waals surface area contributed by atoms with Gasteiger partial charge in [-0.3, -0.25) is 9.98 Å². The summed E-state index contributed by atoms with van der Waals surface area (Å²) in [5.74, 6) is 1.57. The zero-order valence-electron chi connectivity index (χ0n) is 20.2. The predicted molar refractivity (Wildman–Crippen MR) is 143 cm³/mol. The fourth-order valence-electron chi connectivity index (χ4n) is 5.43. The van der Waals surface area contributed by atoms with Crippen LogP contribution in [-0.2, 0) is 0 Å². The molecule has 0 aliphatic carbocycles. The summed E-state index contributed by atoms with van der Waals surface area (Å²) >= 11 is 1.41. The number of thioether (sulfide) groups is 1. The van der Waals surface area contributed by atoms with Crippen LogP contribution < -0.4 is 22.1 Å². The van der Waals surface area contributed by atoms with Crippen molar-refractivity contribution >= 4 is 28.0 Å². The third kappa shape index (κ3) is 5.47. The Morgan fingerprint density at radius 1 is 1.26 bits per heavy atom. The number of aromatic amines is 1. The Morgan fingerprint density at radius 3 is 2.83 bits per heavy atom. The fourth-order valence-corrected chi connectivity index (χ4v) is 6.06. The lowest BCUT2D eigenvalue weighted by molar-refractivity contribution is 0.320. The van der Waals surface area contributed by atoms with Crippen LogP contribution in [0.15, 0.2) is 41.3 Å². The summed E-state index contributed by atoms with van der Waals surface area (Å²) in [6.07, 6.45) is 8.63. The molecule has 2 saturated heterocycles. The van der Waals surface area contributed by atoms with E-state index in [2.05, 4.69) is 45.7 Å². The van der Waals surface area contributed by atoms with E-state index >= 15 is 0 Å². The molecule has 5 rings (SSSR count). The molecule has 186 valence electrons. The van der Waals surface area contributed by atoms with Crippen LogP contribution in [0.3, 0.4) is 0 Å². The van der Waals surface area contributed by atoms with E-state index in [0.29, 0.717) is 29.7 Å². The van der Waals surface area contributed by atoms with Crippen molar-refractivity contribution in [2.45, 2.75) is 63.6 Å². The van der Waals surface area contributed by atoms with Crippen molar-refractivity contribution < 1.29 is 0 Å². The average molecular weight is 494 g/mol. The minimum absolute atomic E-state index is 0.187. The van der Waals surface area contributed by atoms with Crippen LogP contribution in [-0.4, -0.2) is 38.0 Å². The van der Waals surface area contributed by atoms with Crippen molar-refractivity contribution in [2.75, 3.05) is 12.3 Å². The van der Waals surface area contributed by atoms with Gasteiger partial charge in [-0.25, -0.2) is 4.79 Å². The van der Waals surface area contributed by atoms with E-state index < -0.39 is 0 Å². The number of aromatic nitrogens is 3. The van der Waals surface area contributed by atoms with E-state index in [1.165, 1.54) is 30.2 Å². The van der Waals surface area contributed by atoms with Gasteiger partial charge >= 0.3 is 5.69 Å². The van der Waals surface area contributed by atoms with Crippen molar-refractivity contribution in [2.24, 2.45) is 11.7 Å². The Labute approximate surface area is 210 Å². The van der Waals surface area contributed by atoms with Crippen LogP contribution >= 0.6 is 11.8 Å². The van der Waals surface area contributed by atoms with Gasteiger partial charge in [0.2, 0.25) is 0 Å². The number of amidine groups is 1. The lowest BCUT2D eigenvalue weighted by Crippen LogP contribution is -2.37. The van der Waals surface area contributed by atoms with E-state index in [-0.39, 0.29) is 10.9 Å². The highest BCUT2D eigenvalue weighted by Gasteiger charge is 2.26. The highest BCUT2D eigenvalue weighted by molar-refractivity contribution is 8.13. The van der Waals surface area contributed by atoms with Gasteiger partial charge in [0.05, 0.1) is 5.69 Å². The number of nitrogens with two attached hydrogens (primary N) is 1. The molecule has 3 aromatic rings. The van der Waals surface area contributed by atoms with Crippen molar-refractivity contribution in [3.63, 3.8) is 0 Å². The molecule has 1 aromatic carbocycles. The zero-order valence-corrected chi connectivity index (χ0v) is 21.0. The molecule has 0 bridgehead atoms. The SMILES string of the molecule is CC[C@H]1CNC(c2cc3cn(-c4ccc([C@@H]5CCC[C@@H](CCSC(=N)N)N5)cc4)c(=O)nc3[nH]2)C1. The molecule has 2 aliphatic rings. The van der Waals surface area contributed by atoms with Crippen molar-refractivity contribution in [1.29, 1.82) is 5.41 Å². The van der Waals surface area contributed by atoms with E-state index in [9.17, 15) is 4.79 Å². The molecule has 1 unspecified atom stereocenters. The van der Waals surface area contributed by atoms with Crippen LogP contribution in [0.2, 0.25) is 0 Å². The summed E-state index contributed by atoms with van der Waals surface area (Å²) in [6.45, 7) is 3.27. The van der Waals surface area contributed by atoms with Gasteiger partial charge in [0.25, 0.3) is 0 Å². The molecule has 6 N–H and O–H groups in total. The summed E-state index contributed by atoms with van der Waals surface area (Å²) < 4.78 is 1.64. The van der Waals surface area contributed by atoms with Gasteiger partial charge in [-0.1, -0.05) is 43.7 Å². The van der Waals surface area contributed by atoms with Gasteiger partial charge in [-0.05, 0) is 61.9 Å². The molecular formula is C26H35N7OS. The molecule has 35 heavy (non-hydrogen) atoms. The molecule has 4 heterocycles. The highest BCUT2D eigenvalue weighted by atomic mass is 32.2. The molecule has 0 amide bonds. The normalized spacial score (nSPS) is 24.7. The number of nitrogens with one attached hydrogen (secondary N) is 4. The molecule has 2 fully saturated rings. The first-order valence-corrected chi connectivity index (χ1v) is 13.7. The Balaban J connectivity index is 1.30. The number of H-pyrrole nitrogens is 1. The molecule has 2 aliphatic heterocycles. The molecule has 2 aromatic heterocycles. The number of fused-ring (bicyclic) bond motifs is 1. The molecule has 0 radical (unpaired) electrons. The second-order valence-corrected chi connectivity index (χ2v) is 11.0. The predicted octanol–water partition coefficient (Wildman–Crippen LogP) is 3.97. The first-order valence-electron chi connectivity index (χ1n) is 12.7. The lowest BCUT2D eigenvalue weighted by atomic mass is 9.92. The third-order valence-electron chi connectivity index (χ3n) is 7.48. The molecule has 8 nitrogen and oxygen atoms in total. The number of piperidine rings is 1. The number of hydrogen-bond donors (Lipinski definition) is 5. The first kappa shape index (κ1) is 24.1.